The molecule has 1 unspecified atom stereocenters. The lowest BCUT2D eigenvalue weighted by atomic mass is 10.3. The van der Waals surface area contributed by atoms with E-state index in [1.807, 2.05) is 11.5 Å². The van der Waals surface area contributed by atoms with Gasteiger partial charge in [0, 0.05) is 0 Å². The van der Waals surface area contributed by atoms with Gasteiger partial charge in [-0.05, 0) is 19.8 Å². The molecule has 0 saturated heterocycles. The van der Waals surface area contributed by atoms with E-state index < -0.39 is 0 Å². The molecule has 0 aliphatic heterocycles. The number of aromatic nitrogens is 4. The molecule has 3 rings (SSSR count). The Morgan fingerprint density at radius 2 is 2.25 bits per heavy atom. The van der Waals surface area contributed by atoms with Gasteiger partial charge in [0.2, 0.25) is 11.8 Å². The molecular weight excluding hydrogens is 277 g/mol. The summed E-state index contributed by atoms with van der Waals surface area (Å²) in [4.78, 5) is 12.7. The summed E-state index contributed by atoms with van der Waals surface area (Å²) >= 11 is 0. The number of hydrogen-bond acceptors (Lipinski definition) is 6. The monoisotopic (exact) mass is 295 g/mol. The molecule has 2 aromatic heterocycles. The topological polar surface area (TPSA) is 88.1 Å². The fourth-order valence-corrected chi connectivity index (χ4v) is 2.62. The molecule has 2 aromatic rings. The van der Waals surface area contributed by atoms with Crippen LogP contribution in [-0.2, 0) is 11.3 Å². The average molecular weight is 295 g/mol. The van der Waals surface area contributed by atoms with E-state index in [0.717, 1.165) is 19.4 Å². The number of nitrogens with zero attached hydrogens (tertiary/aromatic N) is 4. The van der Waals surface area contributed by atoms with Gasteiger partial charge in [-0.3, -0.25) is 0 Å². The van der Waals surface area contributed by atoms with Crippen molar-refractivity contribution >= 4 is 26.4 Å². The summed E-state index contributed by atoms with van der Waals surface area (Å²) in [6, 6.07) is 0. The van der Waals surface area contributed by atoms with Crippen molar-refractivity contribution in [1.82, 2.24) is 19.5 Å². The second-order valence-electron chi connectivity index (χ2n) is 4.86. The van der Waals surface area contributed by atoms with Gasteiger partial charge in [-0.15, -0.1) is 9.24 Å². The first-order valence-corrected chi connectivity index (χ1v) is 7.44. The number of nitrogen functional groups attached to an aromatic ring is 1. The molecule has 20 heavy (non-hydrogen) atoms. The van der Waals surface area contributed by atoms with Gasteiger partial charge < -0.3 is 19.8 Å². The van der Waals surface area contributed by atoms with Gasteiger partial charge in [0.05, 0.1) is 31.4 Å². The Bertz CT molecular complexity index is 626. The van der Waals surface area contributed by atoms with Crippen LogP contribution in [0.15, 0.2) is 6.33 Å². The third-order valence-electron chi connectivity index (χ3n) is 3.39. The van der Waals surface area contributed by atoms with E-state index in [0.29, 0.717) is 30.0 Å². The predicted molar refractivity (Wildman–Crippen MR) is 78.5 cm³/mol. The summed E-state index contributed by atoms with van der Waals surface area (Å²) < 4.78 is 13.2. The summed E-state index contributed by atoms with van der Waals surface area (Å²) in [5.41, 5.74) is 7.00. The maximum atomic E-state index is 5.78. The number of ether oxygens (including phenoxy) is 2. The van der Waals surface area contributed by atoms with Crippen LogP contribution in [0.2, 0.25) is 0 Å². The first kappa shape index (κ1) is 13.5. The van der Waals surface area contributed by atoms with Crippen LogP contribution in [0, 0.1) is 0 Å². The largest absolute Gasteiger partial charge is 0.476 e. The Balaban J connectivity index is 1.96. The van der Waals surface area contributed by atoms with Gasteiger partial charge in [-0.2, -0.15) is 9.97 Å². The molecule has 1 aliphatic rings. The molecule has 1 fully saturated rings. The summed E-state index contributed by atoms with van der Waals surface area (Å²) in [7, 11) is 2.59. The fraction of sp³-hybridized carbons (Fsp3) is 0.583. The Morgan fingerprint density at radius 3 is 2.90 bits per heavy atom. The smallest absolute Gasteiger partial charge is 0.247 e. The molecule has 0 radical (unpaired) electrons. The molecule has 7 nitrogen and oxygen atoms in total. The van der Waals surface area contributed by atoms with E-state index >= 15 is 0 Å². The van der Waals surface area contributed by atoms with Crippen LogP contribution >= 0.6 is 9.24 Å². The highest BCUT2D eigenvalue weighted by atomic mass is 31.0. The first-order valence-electron chi connectivity index (χ1n) is 6.62. The van der Waals surface area contributed by atoms with Crippen molar-refractivity contribution in [3.63, 3.8) is 0 Å². The van der Waals surface area contributed by atoms with Gasteiger partial charge in [0.1, 0.15) is 0 Å². The van der Waals surface area contributed by atoms with Crippen LogP contribution in [0.4, 0.5) is 5.95 Å². The van der Waals surface area contributed by atoms with Crippen molar-refractivity contribution in [3.8, 4) is 5.88 Å². The molecule has 1 atom stereocenters. The molecule has 8 heteroatoms. The highest BCUT2D eigenvalue weighted by Crippen LogP contribution is 2.42. The number of rotatable bonds is 6. The van der Waals surface area contributed by atoms with Crippen molar-refractivity contribution in [2.24, 2.45) is 0 Å². The molecule has 0 spiro atoms. The number of imidazole rings is 1. The Hall–Kier alpha value is -1.46. The quantitative estimate of drug-likeness (QED) is 0.805. The van der Waals surface area contributed by atoms with E-state index in [9.17, 15) is 0 Å². The Morgan fingerprint density at radius 1 is 1.45 bits per heavy atom. The minimum absolute atomic E-state index is 0.0825. The van der Waals surface area contributed by atoms with Crippen molar-refractivity contribution in [1.29, 1.82) is 0 Å². The third-order valence-corrected chi connectivity index (χ3v) is 3.55. The van der Waals surface area contributed by atoms with Gasteiger partial charge in [0.15, 0.2) is 11.2 Å². The number of hydrogen-bond donors (Lipinski definition) is 1. The van der Waals surface area contributed by atoms with E-state index in [1.165, 1.54) is 0 Å². The van der Waals surface area contributed by atoms with Gasteiger partial charge in [0.25, 0.3) is 0 Å². The highest BCUT2D eigenvalue weighted by Gasteiger charge is 2.44. The van der Waals surface area contributed by atoms with Crippen LogP contribution in [0.5, 0.6) is 5.88 Å². The zero-order valence-electron chi connectivity index (χ0n) is 11.4. The maximum Gasteiger partial charge on any atom is 0.247 e. The van der Waals surface area contributed by atoms with Crippen LogP contribution in [-0.4, -0.2) is 38.1 Å². The van der Waals surface area contributed by atoms with Gasteiger partial charge in [-0.25, -0.2) is 4.98 Å². The third kappa shape index (κ3) is 2.43. The van der Waals surface area contributed by atoms with Crippen LogP contribution in [0.25, 0.3) is 11.2 Å². The predicted octanol–water partition coefficient (Wildman–Crippen LogP) is 1.19. The summed E-state index contributed by atoms with van der Waals surface area (Å²) in [6.45, 7) is 3.13. The zero-order chi connectivity index (χ0) is 14.2. The molecule has 0 amide bonds. The van der Waals surface area contributed by atoms with Crippen molar-refractivity contribution in [2.45, 2.75) is 31.9 Å². The van der Waals surface area contributed by atoms with Crippen molar-refractivity contribution in [3.05, 3.63) is 6.33 Å². The van der Waals surface area contributed by atoms with Crippen LogP contribution in [0.3, 0.4) is 0 Å². The lowest BCUT2D eigenvalue weighted by Gasteiger charge is -2.16. The highest BCUT2D eigenvalue weighted by molar-refractivity contribution is 7.16. The standard InChI is InChI=1S/C12H18N5O2P/c1-2-18-10-8-9(15-11(13)16-10)17(6-14-8)5-12(3-4-12)19-7-20/h6H,2-5,7,20H2,1H3,(H2,13,15,16). The number of fused-ring (bicyclic) bond motifs is 1. The minimum atomic E-state index is -0.0825. The molecule has 1 aliphatic carbocycles. The lowest BCUT2D eigenvalue weighted by Crippen LogP contribution is -2.21. The number of nitrogens with two attached hydrogens (primary N) is 1. The molecule has 0 bridgehead atoms. The second kappa shape index (κ2) is 5.14. The maximum absolute atomic E-state index is 5.78. The van der Waals surface area contributed by atoms with Crippen LogP contribution in [0.1, 0.15) is 19.8 Å². The minimum Gasteiger partial charge on any atom is -0.476 e. The average Bonchev–Trinajstić information content (AvgIpc) is 3.05. The molecular formula is C12H18N5O2P. The summed E-state index contributed by atoms with van der Waals surface area (Å²) in [5.74, 6) is 0.630. The van der Waals surface area contributed by atoms with Crippen molar-refractivity contribution in [2.75, 3.05) is 18.7 Å². The SMILES string of the molecule is CCOc1nc(N)nc2c1ncn2CC1(OCP)CC1. The lowest BCUT2D eigenvalue weighted by molar-refractivity contribution is 0.0541. The van der Waals surface area contributed by atoms with E-state index in [2.05, 4.69) is 24.2 Å². The fourth-order valence-electron chi connectivity index (χ4n) is 2.26. The summed E-state index contributed by atoms with van der Waals surface area (Å²) in [6.07, 6.45) is 4.49. The zero-order valence-corrected chi connectivity index (χ0v) is 12.5. The molecule has 0 aromatic carbocycles. The van der Waals surface area contributed by atoms with Crippen LogP contribution < -0.4 is 10.5 Å². The van der Waals surface area contributed by atoms with Gasteiger partial charge in [-0.1, -0.05) is 0 Å². The molecule has 1 saturated carbocycles. The first-order chi connectivity index (χ1) is 9.67. The van der Waals surface area contributed by atoms with Crippen molar-refractivity contribution < 1.29 is 9.47 Å². The Kier molecular flexibility index (Phi) is 3.48. The van der Waals surface area contributed by atoms with E-state index in [4.69, 9.17) is 15.2 Å². The Labute approximate surface area is 119 Å². The normalized spacial score (nSPS) is 16.5. The van der Waals surface area contributed by atoms with Gasteiger partial charge >= 0.3 is 0 Å². The van der Waals surface area contributed by atoms with E-state index in [-0.39, 0.29) is 11.5 Å². The second-order valence-corrected chi connectivity index (χ2v) is 5.19. The molecule has 108 valence electrons. The number of anilines is 1. The molecule has 2 heterocycles. The molecule has 2 N–H and O–H groups in total. The van der Waals surface area contributed by atoms with E-state index in [1.54, 1.807) is 6.33 Å². The summed E-state index contributed by atoms with van der Waals surface area (Å²) in [5, 5.41) is 0.